The van der Waals surface area contributed by atoms with Gasteiger partial charge in [0.15, 0.2) is 0 Å². The zero-order valence-electron chi connectivity index (χ0n) is 16.5. The molecule has 1 aromatic heterocycles. The van der Waals surface area contributed by atoms with Crippen LogP contribution in [-0.2, 0) is 14.3 Å². The lowest BCUT2D eigenvalue weighted by Gasteiger charge is -2.25. The molecule has 7 heteroatoms. The minimum absolute atomic E-state index is 0.0623. The molecule has 1 saturated heterocycles. The van der Waals surface area contributed by atoms with Crippen LogP contribution in [0.4, 0.5) is 0 Å². The lowest BCUT2D eigenvalue weighted by atomic mass is 9.96. The number of ether oxygens (including phenoxy) is 2. The van der Waals surface area contributed by atoms with Crippen LogP contribution in [0.1, 0.15) is 30.5 Å². The molecule has 7 nitrogen and oxygen atoms in total. The van der Waals surface area contributed by atoms with Crippen LogP contribution in [0.3, 0.4) is 0 Å². The first-order valence-corrected chi connectivity index (χ1v) is 9.49. The summed E-state index contributed by atoms with van der Waals surface area (Å²) in [6.07, 6.45) is 3.77. The van der Waals surface area contributed by atoms with Crippen molar-refractivity contribution in [3.63, 3.8) is 0 Å². The van der Waals surface area contributed by atoms with Crippen molar-refractivity contribution in [2.24, 2.45) is 0 Å². The first kappa shape index (κ1) is 20.5. The third-order valence-corrected chi connectivity index (χ3v) is 4.73. The summed E-state index contributed by atoms with van der Waals surface area (Å²) < 4.78 is 10.6. The van der Waals surface area contributed by atoms with Gasteiger partial charge >= 0.3 is 0 Å². The number of amides is 1. The van der Waals surface area contributed by atoms with Gasteiger partial charge in [0.1, 0.15) is 11.5 Å². The highest BCUT2D eigenvalue weighted by Crippen LogP contribution is 2.39. The van der Waals surface area contributed by atoms with Gasteiger partial charge in [0.05, 0.1) is 18.2 Å². The van der Waals surface area contributed by atoms with Crippen LogP contribution >= 0.6 is 0 Å². The number of hydrogen-bond acceptors (Lipinski definition) is 6. The van der Waals surface area contributed by atoms with Crippen LogP contribution in [0.25, 0.3) is 5.76 Å². The Balaban J connectivity index is 2.08. The van der Waals surface area contributed by atoms with E-state index in [9.17, 15) is 14.7 Å². The lowest BCUT2D eigenvalue weighted by molar-refractivity contribution is -0.140. The van der Waals surface area contributed by atoms with Gasteiger partial charge < -0.3 is 19.5 Å². The van der Waals surface area contributed by atoms with E-state index < -0.39 is 17.7 Å². The molecule has 0 saturated carbocycles. The molecule has 1 N–H and O–H groups in total. The second-order valence-electron chi connectivity index (χ2n) is 6.58. The number of rotatable bonds is 8. The molecule has 1 amide bonds. The van der Waals surface area contributed by atoms with Crippen molar-refractivity contribution < 1.29 is 24.2 Å². The molecule has 0 bridgehead atoms. The van der Waals surface area contributed by atoms with Gasteiger partial charge in [0.25, 0.3) is 11.7 Å². The molecule has 152 valence electrons. The van der Waals surface area contributed by atoms with Gasteiger partial charge in [0, 0.05) is 38.2 Å². The summed E-state index contributed by atoms with van der Waals surface area (Å²) in [7, 11) is 1.58. The summed E-state index contributed by atoms with van der Waals surface area (Å²) in [4.78, 5) is 31.1. The molecule has 1 fully saturated rings. The first-order valence-electron chi connectivity index (χ1n) is 9.49. The molecule has 0 spiro atoms. The van der Waals surface area contributed by atoms with Crippen molar-refractivity contribution in [2.75, 3.05) is 26.9 Å². The second kappa shape index (κ2) is 9.34. The third kappa shape index (κ3) is 4.30. The number of likely N-dealkylation sites (tertiary alicyclic amines) is 1. The third-order valence-electron chi connectivity index (χ3n) is 4.73. The Labute approximate surface area is 169 Å². The molecule has 3 rings (SSSR count). The summed E-state index contributed by atoms with van der Waals surface area (Å²) in [6.45, 7) is 3.14. The highest BCUT2D eigenvalue weighted by Gasteiger charge is 2.45. The van der Waals surface area contributed by atoms with E-state index in [2.05, 4.69) is 4.98 Å². The summed E-state index contributed by atoms with van der Waals surface area (Å²) in [6, 6.07) is 9.62. The van der Waals surface area contributed by atoms with E-state index in [-0.39, 0.29) is 11.3 Å². The monoisotopic (exact) mass is 396 g/mol. The SMILES string of the molecule is CCOc1cccc(/C(O)=C2/C(=O)C(=O)N(CCCOC)C2c2ccncc2)c1. The van der Waals surface area contributed by atoms with E-state index in [0.29, 0.717) is 43.1 Å². The van der Waals surface area contributed by atoms with Crippen molar-refractivity contribution >= 4 is 17.4 Å². The maximum Gasteiger partial charge on any atom is 0.295 e. The molecule has 0 aliphatic carbocycles. The van der Waals surface area contributed by atoms with Gasteiger partial charge in [-0.3, -0.25) is 14.6 Å². The molecule has 29 heavy (non-hydrogen) atoms. The quantitative estimate of drug-likeness (QED) is 0.319. The van der Waals surface area contributed by atoms with E-state index in [1.807, 2.05) is 6.92 Å². The fourth-order valence-electron chi connectivity index (χ4n) is 3.44. The fraction of sp³-hybridized carbons (Fsp3) is 0.318. The van der Waals surface area contributed by atoms with Crippen LogP contribution in [-0.4, -0.2) is 53.5 Å². The zero-order chi connectivity index (χ0) is 20.8. The number of carbonyl (C=O) groups excluding carboxylic acids is 2. The maximum absolute atomic E-state index is 12.9. The average Bonchev–Trinajstić information content (AvgIpc) is 2.99. The fourth-order valence-corrected chi connectivity index (χ4v) is 3.44. The average molecular weight is 396 g/mol. The maximum atomic E-state index is 12.9. The Bertz CT molecular complexity index is 910. The van der Waals surface area contributed by atoms with Gasteiger partial charge in [-0.05, 0) is 43.2 Å². The van der Waals surface area contributed by atoms with Crippen molar-refractivity contribution in [3.05, 3.63) is 65.5 Å². The van der Waals surface area contributed by atoms with Gasteiger partial charge in [0.2, 0.25) is 0 Å². The van der Waals surface area contributed by atoms with E-state index >= 15 is 0 Å². The molecule has 1 aliphatic rings. The summed E-state index contributed by atoms with van der Waals surface area (Å²) in [5.41, 5.74) is 1.19. The summed E-state index contributed by atoms with van der Waals surface area (Å²) >= 11 is 0. The second-order valence-corrected chi connectivity index (χ2v) is 6.58. The van der Waals surface area contributed by atoms with Crippen LogP contribution in [0.5, 0.6) is 5.75 Å². The molecule has 1 aliphatic heterocycles. The largest absolute Gasteiger partial charge is 0.507 e. The predicted octanol–water partition coefficient (Wildman–Crippen LogP) is 2.94. The molecule has 2 aromatic rings. The standard InChI is InChI=1S/C22H24N2O5/c1-3-29-17-7-4-6-16(14-17)20(25)18-19(15-8-10-23-11-9-15)24(12-5-13-28-2)22(27)21(18)26/h4,6-11,14,19,25H,3,5,12-13H2,1-2H3/b20-18-. The molecular weight excluding hydrogens is 372 g/mol. The molecule has 1 atom stereocenters. The Morgan fingerprint density at radius 3 is 2.66 bits per heavy atom. The number of aliphatic hydroxyl groups excluding tert-OH is 1. The number of methoxy groups -OCH3 is 1. The number of pyridine rings is 1. The minimum atomic E-state index is -0.705. The van der Waals surface area contributed by atoms with Crippen LogP contribution < -0.4 is 4.74 Å². The Hall–Kier alpha value is -3.19. The smallest absolute Gasteiger partial charge is 0.295 e. The molecule has 1 aromatic carbocycles. The normalized spacial score (nSPS) is 18.3. The predicted molar refractivity (Wildman–Crippen MR) is 107 cm³/mol. The number of ketones is 1. The molecular formula is C22H24N2O5. The summed E-state index contributed by atoms with van der Waals surface area (Å²) in [5.74, 6) is -0.985. The molecule has 0 radical (unpaired) electrons. The van der Waals surface area contributed by atoms with E-state index in [1.165, 1.54) is 4.90 Å². The highest BCUT2D eigenvalue weighted by molar-refractivity contribution is 6.46. The van der Waals surface area contributed by atoms with E-state index in [1.54, 1.807) is 55.9 Å². The van der Waals surface area contributed by atoms with Crippen molar-refractivity contribution in [3.8, 4) is 5.75 Å². The molecule has 1 unspecified atom stereocenters. The minimum Gasteiger partial charge on any atom is -0.507 e. The van der Waals surface area contributed by atoms with Crippen molar-refractivity contribution in [2.45, 2.75) is 19.4 Å². The Morgan fingerprint density at radius 1 is 1.21 bits per heavy atom. The summed E-state index contributed by atoms with van der Waals surface area (Å²) in [5, 5.41) is 11.0. The highest BCUT2D eigenvalue weighted by atomic mass is 16.5. The number of aliphatic hydroxyl groups is 1. The van der Waals surface area contributed by atoms with Gasteiger partial charge in [-0.15, -0.1) is 0 Å². The Kier molecular flexibility index (Phi) is 6.61. The lowest BCUT2D eigenvalue weighted by Crippen LogP contribution is -2.31. The van der Waals surface area contributed by atoms with E-state index in [0.717, 1.165) is 0 Å². The topological polar surface area (TPSA) is 89.0 Å². The van der Waals surface area contributed by atoms with Gasteiger partial charge in [-0.2, -0.15) is 0 Å². The number of aromatic nitrogens is 1. The number of Topliss-reactive ketones (excluding diaryl/α,β-unsaturated/α-hetero) is 1. The zero-order valence-corrected chi connectivity index (χ0v) is 16.5. The van der Waals surface area contributed by atoms with Crippen LogP contribution in [0, 0.1) is 0 Å². The Morgan fingerprint density at radius 2 is 1.97 bits per heavy atom. The number of benzene rings is 1. The number of hydrogen-bond donors (Lipinski definition) is 1. The number of nitrogens with zero attached hydrogens (tertiary/aromatic N) is 2. The number of carbonyl (C=O) groups is 2. The first-order chi connectivity index (χ1) is 14.1. The van der Waals surface area contributed by atoms with Gasteiger partial charge in [-0.1, -0.05) is 12.1 Å². The van der Waals surface area contributed by atoms with Crippen LogP contribution in [0.2, 0.25) is 0 Å². The van der Waals surface area contributed by atoms with Crippen molar-refractivity contribution in [1.29, 1.82) is 0 Å². The van der Waals surface area contributed by atoms with Gasteiger partial charge in [-0.25, -0.2) is 0 Å². The van der Waals surface area contributed by atoms with Crippen LogP contribution in [0.15, 0.2) is 54.4 Å². The van der Waals surface area contributed by atoms with E-state index in [4.69, 9.17) is 9.47 Å². The molecule has 2 heterocycles. The van der Waals surface area contributed by atoms with Crippen molar-refractivity contribution in [1.82, 2.24) is 9.88 Å².